The van der Waals surface area contributed by atoms with Crippen LogP contribution in [0, 0.1) is 27.7 Å². The molecule has 0 aliphatic heterocycles. The Hall–Kier alpha value is -2.11. The van der Waals surface area contributed by atoms with Crippen molar-refractivity contribution in [2.45, 2.75) is 27.7 Å². The van der Waals surface area contributed by atoms with Crippen LogP contribution >= 0.6 is 0 Å². The fourth-order valence-electron chi connectivity index (χ4n) is 2.03. The molecule has 0 saturated heterocycles. The molecule has 3 heterocycles. The molecular weight excluding hydrogens is 218 g/mol. The molecule has 0 N–H and O–H groups in total. The van der Waals surface area contributed by atoms with Crippen molar-refractivity contribution in [1.29, 1.82) is 0 Å². The average Bonchev–Trinajstić information content (AvgIpc) is 2.79. The number of rotatable bonds is 1. The van der Waals surface area contributed by atoms with Crippen molar-refractivity contribution in [1.82, 2.24) is 24.4 Å². The van der Waals surface area contributed by atoms with E-state index in [1.807, 2.05) is 33.9 Å². The molecule has 0 amide bonds. The molecule has 17 heavy (non-hydrogen) atoms. The molecule has 6 nitrogen and oxygen atoms in total. The highest BCUT2D eigenvalue weighted by Crippen LogP contribution is 2.22. The van der Waals surface area contributed by atoms with Gasteiger partial charge in [-0.05, 0) is 27.7 Å². The van der Waals surface area contributed by atoms with Crippen LogP contribution in [0.25, 0.3) is 11.4 Å². The van der Waals surface area contributed by atoms with E-state index in [1.165, 1.54) is 0 Å². The zero-order valence-corrected chi connectivity index (χ0v) is 10.2. The number of aryl methyl sites for hydroxylation is 4. The van der Waals surface area contributed by atoms with E-state index < -0.39 is 0 Å². The van der Waals surface area contributed by atoms with Crippen molar-refractivity contribution in [3.8, 4) is 5.69 Å². The lowest BCUT2D eigenvalue weighted by molar-refractivity contribution is 0.568. The maximum absolute atomic E-state index is 5.65. The first-order chi connectivity index (χ1) is 8.06. The Balaban J connectivity index is 2.35. The van der Waals surface area contributed by atoms with Gasteiger partial charge in [0.1, 0.15) is 17.4 Å². The van der Waals surface area contributed by atoms with E-state index in [4.69, 9.17) is 4.42 Å². The highest BCUT2D eigenvalue weighted by atomic mass is 16.4. The topological polar surface area (TPSA) is 61.2 Å². The van der Waals surface area contributed by atoms with Crippen LogP contribution in [0.2, 0.25) is 0 Å². The van der Waals surface area contributed by atoms with Gasteiger partial charge in [-0.1, -0.05) is 0 Å². The number of hydrogen-bond acceptors (Lipinski definition) is 4. The second-order valence-electron chi connectivity index (χ2n) is 4.14. The van der Waals surface area contributed by atoms with Crippen LogP contribution in [-0.4, -0.2) is 24.4 Å². The molecule has 0 unspecified atom stereocenters. The molecule has 88 valence electrons. The molecule has 3 rings (SSSR count). The van der Waals surface area contributed by atoms with E-state index >= 15 is 0 Å². The smallest absolute Gasteiger partial charge is 0.248 e. The van der Waals surface area contributed by atoms with E-state index in [-0.39, 0.29) is 0 Å². The first-order valence-corrected chi connectivity index (χ1v) is 5.42. The first kappa shape index (κ1) is 10.1. The lowest BCUT2D eigenvalue weighted by Crippen LogP contribution is -2.00. The Morgan fingerprint density at radius 3 is 2.53 bits per heavy atom. The van der Waals surface area contributed by atoms with Crippen molar-refractivity contribution in [3.63, 3.8) is 0 Å². The van der Waals surface area contributed by atoms with Gasteiger partial charge < -0.3 is 4.42 Å². The zero-order valence-electron chi connectivity index (χ0n) is 10.2. The van der Waals surface area contributed by atoms with Crippen molar-refractivity contribution >= 4 is 5.71 Å². The van der Waals surface area contributed by atoms with Crippen molar-refractivity contribution in [3.05, 3.63) is 29.3 Å². The summed E-state index contributed by atoms with van der Waals surface area (Å²) >= 11 is 0. The van der Waals surface area contributed by atoms with Crippen LogP contribution in [0.1, 0.15) is 23.1 Å². The summed E-state index contributed by atoms with van der Waals surface area (Å²) < 4.78 is 9.16. The minimum absolute atomic E-state index is 0.702. The van der Waals surface area contributed by atoms with Crippen LogP contribution in [0.4, 0.5) is 0 Å². The summed E-state index contributed by atoms with van der Waals surface area (Å²) in [6, 6.07) is 0. The first-order valence-electron chi connectivity index (χ1n) is 5.42. The van der Waals surface area contributed by atoms with Gasteiger partial charge in [0.25, 0.3) is 0 Å². The van der Waals surface area contributed by atoms with Gasteiger partial charge in [0, 0.05) is 0 Å². The van der Waals surface area contributed by atoms with Gasteiger partial charge in [0.15, 0.2) is 5.69 Å². The average molecular weight is 231 g/mol. The predicted molar refractivity (Wildman–Crippen MR) is 61.3 cm³/mol. The third-order valence-electron chi connectivity index (χ3n) is 2.66. The summed E-state index contributed by atoms with van der Waals surface area (Å²) in [5.74, 6) is 2.39. The third-order valence-corrected chi connectivity index (χ3v) is 2.66. The van der Waals surface area contributed by atoms with Gasteiger partial charge in [-0.2, -0.15) is 10.2 Å². The largest absolute Gasteiger partial charge is 0.440 e. The summed E-state index contributed by atoms with van der Waals surface area (Å²) in [4.78, 5) is 4.29. The van der Waals surface area contributed by atoms with Crippen molar-refractivity contribution in [2.24, 2.45) is 0 Å². The summed E-state index contributed by atoms with van der Waals surface area (Å²) in [6.07, 6.45) is 1.85. The molecule has 6 heteroatoms. The second kappa shape index (κ2) is 3.19. The molecule has 0 spiro atoms. The number of oxazole rings is 1. The highest BCUT2D eigenvalue weighted by molar-refractivity contribution is 5.59. The lowest BCUT2D eigenvalue weighted by atomic mass is 10.4. The summed E-state index contributed by atoms with van der Waals surface area (Å²) in [5, 5.41) is 8.76. The van der Waals surface area contributed by atoms with E-state index in [1.54, 1.807) is 9.20 Å². The van der Waals surface area contributed by atoms with Crippen LogP contribution in [0.3, 0.4) is 0 Å². The molecule has 0 saturated carbocycles. The van der Waals surface area contributed by atoms with Crippen LogP contribution in [0.15, 0.2) is 10.6 Å². The third kappa shape index (κ3) is 1.37. The Kier molecular flexibility index (Phi) is 1.89. The van der Waals surface area contributed by atoms with Gasteiger partial charge in [0.2, 0.25) is 5.71 Å². The van der Waals surface area contributed by atoms with Crippen LogP contribution in [-0.2, 0) is 0 Å². The highest BCUT2D eigenvalue weighted by Gasteiger charge is 2.18. The minimum Gasteiger partial charge on any atom is -0.440 e. The van der Waals surface area contributed by atoms with Gasteiger partial charge in [-0.25, -0.2) is 14.2 Å². The normalized spacial score (nSPS) is 11.5. The van der Waals surface area contributed by atoms with Crippen LogP contribution in [0.5, 0.6) is 0 Å². The molecular formula is C11H13N5O. The van der Waals surface area contributed by atoms with Gasteiger partial charge >= 0.3 is 0 Å². The number of hydrogen-bond donors (Lipinski definition) is 0. The molecule has 0 aromatic carbocycles. The van der Waals surface area contributed by atoms with E-state index in [0.29, 0.717) is 5.71 Å². The maximum atomic E-state index is 5.65. The van der Waals surface area contributed by atoms with E-state index in [2.05, 4.69) is 15.2 Å². The van der Waals surface area contributed by atoms with Crippen LogP contribution < -0.4 is 0 Å². The monoisotopic (exact) mass is 231 g/mol. The van der Waals surface area contributed by atoms with E-state index in [9.17, 15) is 0 Å². The zero-order chi connectivity index (χ0) is 12.2. The fourth-order valence-corrected chi connectivity index (χ4v) is 2.03. The summed E-state index contributed by atoms with van der Waals surface area (Å²) in [5.41, 5.74) is 2.43. The standard InChI is InChI=1S/C11H13N5O/c1-6-5-15-11(17-6)10(7(2)13-15)16-9(4)12-8(3)14-16/h5H,1-4H3. The minimum atomic E-state index is 0.702. The van der Waals surface area contributed by atoms with Crippen molar-refractivity contribution < 1.29 is 4.42 Å². The van der Waals surface area contributed by atoms with Gasteiger partial charge in [-0.15, -0.1) is 0 Å². The Bertz CT molecular complexity index is 703. The molecule has 3 aromatic rings. The summed E-state index contributed by atoms with van der Waals surface area (Å²) in [7, 11) is 0. The molecule has 0 atom stereocenters. The quantitative estimate of drug-likeness (QED) is 0.640. The summed E-state index contributed by atoms with van der Waals surface area (Å²) in [6.45, 7) is 7.61. The molecule has 3 aromatic heterocycles. The predicted octanol–water partition coefficient (Wildman–Crippen LogP) is 1.74. The fraction of sp³-hybridized carbons (Fsp3) is 0.364. The number of aromatic nitrogens is 5. The molecule has 0 radical (unpaired) electrons. The van der Waals surface area contributed by atoms with E-state index in [0.717, 1.165) is 28.8 Å². The Labute approximate surface area is 97.9 Å². The van der Waals surface area contributed by atoms with Gasteiger partial charge in [-0.3, -0.25) is 0 Å². The SMILES string of the molecule is Cc1nc(C)n(-c2c(C)nn3cc(C)oc23)n1. The van der Waals surface area contributed by atoms with Crippen molar-refractivity contribution in [2.75, 3.05) is 0 Å². The Morgan fingerprint density at radius 1 is 1.12 bits per heavy atom. The molecule has 0 aliphatic rings. The molecule has 0 bridgehead atoms. The number of nitrogens with zero attached hydrogens (tertiary/aromatic N) is 5. The number of fused-ring (bicyclic) bond motifs is 1. The van der Waals surface area contributed by atoms with Gasteiger partial charge in [0.05, 0.1) is 11.9 Å². The molecule has 0 fully saturated rings. The molecule has 0 aliphatic carbocycles. The Morgan fingerprint density at radius 2 is 1.88 bits per heavy atom. The lowest BCUT2D eigenvalue weighted by Gasteiger charge is -1.99. The maximum Gasteiger partial charge on any atom is 0.248 e. The second-order valence-corrected chi connectivity index (χ2v) is 4.14.